The van der Waals surface area contributed by atoms with Gasteiger partial charge in [-0.3, -0.25) is 14.0 Å². The van der Waals surface area contributed by atoms with Crippen LogP contribution >= 0.6 is 0 Å². The third kappa shape index (κ3) is 7.30. The number of hydrogen-bond acceptors (Lipinski definition) is 7. The number of sulfonamides is 2. The lowest BCUT2D eigenvalue weighted by Gasteiger charge is -2.38. The highest BCUT2D eigenvalue weighted by atomic mass is 32.2. The first-order valence-electron chi connectivity index (χ1n) is 13.1. The molecule has 1 atom stereocenters. The molecular weight excluding hydrogens is 646 g/mol. The molecule has 0 unspecified atom stereocenters. The highest BCUT2D eigenvalue weighted by molar-refractivity contribution is 7.92. The van der Waals surface area contributed by atoms with E-state index in [1.807, 2.05) is 0 Å². The zero-order chi connectivity index (χ0) is 33.5. The summed E-state index contributed by atoms with van der Waals surface area (Å²) >= 11 is 0. The van der Waals surface area contributed by atoms with E-state index < -0.39 is 84.0 Å². The van der Waals surface area contributed by atoms with Gasteiger partial charge >= 0.3 is 12.3 Å². The molecule has 45 heavy (non-hydrogen) atoms. The van der Waals surface area contributed by atoms with Gasteiger partial charge in [0.05, 0.1) is 39.7 Å². The van der Waals surface area contributed by atoms with Crippen LogP contribution in [0.4, 0.5) is 33.7 Å². The third-order valence-electron chi connectivity index (χ3n) is 6.53. The molecule has 3 aromatic carbocycles. The van der Waals surface area contributed by atoms with Crippen molar-refractivity contribution in [3.63, 3.8) is 0 Å². The number of carboxylic acid groups (broad SMARTS) is 1. The maximum Gasteiger partial charge on any atom is 0.416 e. The Balaban J connectivity index is 1.74. The summed E-state index contributed by atoms with van der Waals surface area (Å²) in [5, 5.41) is 9.85. The molecule has 2 amide bonds. The summed E-state index contributed by atoms with van der Waals surface area (Å²) in [6, 6.07) is 10.3. The summed E-state index contributed by atoms with van der Waals surface area (Å²) in [6.45, 7) is 4.09. The molecule has 1 aliphatic heterocycles. The van der Waals surface area contributed by atoms with Crippen LogP contribution in [-0.4, -0.2) is 52.1 Å². The van der Waals surface area contributed by atoms with E-state index in [9.17, 15) is 49.1 Å². The monoisotopic (exact) mass is 673 g/mol. The van der Waals surface area contributed by atoms with E-state index in [0.717, 1.165) is 41.3 Å². The van der Waals surface area contributed by atoms with Crippen molar-refractivity contribution in [1.82, 2.24) is 4.72 Å². The summed E-state index contributed by atoms with van der Waals surface area (Å²) in [4.78, 5) is 24.7. The Morgan fingerprint density at radius 1 is 0.978 bits per heavy atom. The first-order chi connectivity index (χ1) is 20.7. The van der Waals surface area contributed by atoms with Crippen LogP contribution in [0.1, 0.15) is 32.8 Å². The quantitative estimate of drug-likeness (QED) is 0.334. The number of benzene rings is 3. The van der Waals surface area contributed by atoms with Gasteiger partial charge in [-0.15, -0.1) is 0 Å². The van der Waals surface area contributed by atoms with Crippen molar-refractivity contribution in [2.75, 3.05) is 15.7 Å². The SMILES string of the molecule is CC(C)(C)N(C(=O)O)c1ccc2c(c1)N(S(=O)(=O)c1cccc(C(F)(F)F)c1)C[C@H](CC(=O)NS(=O)(=O)c1ccc(F)cc1)O2. The number of amides is 2. The van der Waals surface area contributed by atoms with Crippen molar-refractivity contribution in [2.45, 2.75) is 54.8 Å². The number of anilines is 2. The maximum atomic E-state index is 13.9. The van der Waals surface area contributed by atoms with E-state index in [0.29, 0.717) is 16.4 Å². The smallest absolute Gasteiger partial charge is 0.416 e. The number of carbonyl (C=O) groups excluding carboxylic acids is 1. The van der Waals surface area contributed by atoms with E-state index in [4.69, 9.17) is 4.74 Å². The van der Waals surface area contributed by atoms with Crippen LogP contribution in [0, 0.1) is 5.82 Å². The largest absolute Gasteiger partial charge is 0.486 e. The highest BCUT2D eigenvalue weighted by Gasteiger charge is 2.39. The van der Waals surface area contributed by atoms with Gasteiger partial charge < -0.3 is 9.84 Å². The molecule has 3 aromatic rings. The van der Waals surface area contributed by atoms with Crippen molar-refractivity contribution in [2.24, 2.45) is 0 Å². The van der Waals surface area contributed by atoms with Gasteiger partial charge in [-0.1, -0.05) is 6.07 Å². The van der Waals surface area contributed by atoms with Gasteiger partial charge in [-0.2, -0.15) is 13.2 Å². The van der Waals surface area contributed by atoms with E-state index in [1.165, 1.54) is 18.2 Å². The predicted octanol–water partition coefficient (Wildman–Crippen LogP) is 4.98. The lowest BCUT2D eigenvalue weighted by molar-refractivity contribution is -0.137. The van der Waals surface area contributed by atoms with Crippen molar-refractivity contribution >= 4 is 43.4 Å². The zero-order valence-electron chi connectivity index (χ0n) is 23.9. The molecule has 1 aliphatic rings. The second kappa shape index (κ2) is 11.8. The second-order valence-electron chi connectivity index (χ2n) is 10.9. The molecule has 2 N–H and O–H groups in total. The Labute approximate surface area is 256 Å². The molecule has 0 bridgehead atoms. The van der Waals surface area contributed by atoms with Crippen molar-refractivity contribution < 1.29 is 53.8 Å². The Morgan fingerprint density at radius 3 is 2.20 bits per heavy atom. The Bertz CT molecular complexity index is 1840. The van der Waals surface area contributed by atoms with Gasteiger partial charge in [0, 0.05) is 5.54 Å². The standard InChI is InChI=1S/C28H27F4N3O8S2/c1-27(2,3)35(26(37)38)19-9-12-24-23(14-19)34(45(41,42)22-6-4-5-17(13-22)28(30,31)32)16-20(43-24)15-25(36)33-44(39,40)21-10-7-18(29)8-11-21/h4-14,20H,15-16H2,1-3H3,(H,33,36)(H,37,38)/t20-/m0/s1. The normalized spacial score (nSPS) is 15.5. The molecule has 0 spiro atoms. The van der Waals surface area contributed by atoms with Gasteiger partial charge in [-0.05, 0) is 81.4 Å². The Morgan fingerprint density at radius 2 is 1.62 bits per heavy atom. The summed E-state index contributed by atoms with van der Waals surface area (Å²) in [5.41, 5.74) is -2.45. The zero-order valence-corrected chi connectivity index (χ0v) is 25.5. The topological polar surface area (TPSA) is 150 Å². The van der Waals surface area contributed by atoms with Crippen LogP contribution in [-0.2, 0) is 31.0 Å². The molecule has 1 heterocycles. The van der Waals surface area contributed by atoms with E-state index >= 15 is 0 Å². The molecule has 0 saturated heterocycles. The fourth-order valence-electron chi connectivity index (χ4n) is 4.59. The number of ether oxygens (including phenoxy) is 1. The summed E-state index contributed by atoms with van der Waals surface area (Å²) in [6.07, 6.45) is -8.30. The van der Waals surface area contributed by atoms with Gasteiger partial charge in [0.15, 0.2) is 0 Å². The predicted molar refractivity (Wildman–Crippen MR) is 153 cm³/mol. The Hall–Kier alpha value is -4.38. The third-order valence-corrected chi connectivity index (χ3v) is 9.69. The number of carbonyl (C=O) groups is 2. The number of halogens is 4. The molecule has 11 nitrogen and oxygen atoms in total. The molecule has 4 rings (SSSR count). The molecule has 0 fully saturated rings. The van der Waals surface area contributed by atoms with Crippen LogP contribution in [0.3, 0.4) is 0 Å². The van der Waals surface area contributed by atoms with Crippen molar-refractivity contribution in [3.8, 4) is 5.75 Å². The van der Waals surface area contributed by atoms with Crippen LogP contribution < -0.4 is 18.7 Å². The van der Waals surface area contributed by atoms with Crippen LogP contribution in [0.2, 0.25) is 0 Å². The minimum absolute atomic E-state index is 0.0168. The molecule has 0 aliphatic carbocycles. The molecule has 242 valence electrons. The van der Waals surface area contributed by atoms with Crippen molar-refractivity contribution in [3.05, 3.63) is 78.1 Å². The fraction of sp³-hybridized carbons (Fsp3) is 0.286. The summed E-state index contributed by atoms with van der Waals surface area (Å²) in [5.74, 6) is -2.00. The van der Waals surface area contributed by atoms with Crippen LogP contribution in [0.15, 0.2) is 76.5 Å². The lowest BCUT2D eigenvalue weighted by atomic mass is 10.0. The summed E-state index contributed by atoms with van der Waals surface area (Å²) < 4.78 is 115. The molecular formula is C28H27F4N3O8S2. The van der Waals surface area contributed by atoms with E-state index in [-0.39, 0.29) is 17.1 Å². The molecule has 17 heteroatoms. The molecule has 0 radical (unpaired) electrons. The van der Waals surface area contributed by atoms with Gasteiger partial charge in [0.25, 0.3) is 20.0 Å². The second-order valence-corrected chi connectivity index (χ2v) is 14.5. The average molecular weight is 674 g/mol. The first-order valence-corrected chi connectivity index (χ1v) is 16.0. The van der Waals surface area contributed by atoms with Crippen LogP contribution in [0.5, 0.6) is 5.75 Å². The van der Waals surface area contributed by atoms with Gasteiger partial charge in [0.1, 0.15) is 17.7 Å². The number of rotatable bonds is 7. The van der Waals surface area contributed by atoms with E-state index in [2.05, 4.69) is 0 Å². The number of alkyl halides is 3. The number of nitrogens with zero attached hydrogens (tertiary/aromatic N) is 2. The number of hydrogen-bond donors (Lipinski definition) is 2. The van der Waals surface area contributed by atoms with Crippen molar-refractivity contribution in [1.29, 1.82) is 0 Å². The van der Waals surface area contributed by atoms with Gasteiger partial charge in [0.2, 0.25) is 5.91 Å². The molecule has 0 aromatic heterocycles. The lowest BCUT2D eigenvalue weighted by Crippen LogP contribution is -2.47. The fourth-order valence-corrected chi connectivity index (χ4v) is 7.13. The first kappa shape index (κ1) is 33.5. The summed E-state index contributed by atoms with van der Waals surface area (Å²) in [7, 11) is -9.26. The maximum absolute atomic E-state index is 13.9. The minimum atomic E-state index is -4.87. The Kier molecular flexibility index (Phi) is 8.82. The number of nitrogens with one attached hydrogen (secondary N) is 1. The highest BCUT2D eigenvalue weighted by Crippen LogP contribution is 2.42. The average Bonchev–Trinajstić information content (AvgIpc) is 2.91. The minimum Gasteiger partial charge on any atom is -0.486 e. The van der Waals surface area contributed by atoms with E-state index in [1.54, 1.807) is 25.5 Å². The number of fused-ring (bicyclic) bond motifs is 1. The van der Waals surface area contributed by atoms with Gasteiger partial charge in [-0.25, -0.2) is 30.7 Å². The van der Waals surface area contributed by atoms with Crippen LogP contribution in [0.25, 0.3) is 0 Å². The molecule has 0 saturated carbocycles.